The molecule has 0 bridgehead atoms. The number of aliphatic hydroxyl groups excluding tert-OH is 2. The number of nitrogens with one attached hydrogen (secondary N) is 2. The highest BCUT2D eigenvalue weighted by atomic mass is 16.5. The standard InChI is InChI=1S/C26H33N3O5/c1-6-25(2,3)21-14(12-15-24(33)29-11-7-8-16(29)23(32)27-15)13-9-10-17-18(19(13)28-21)20(30)22(31)26(4,5)34-17/h6,9-10,15-16,20,22,28,30-31H,1,7-8,11-12H2,2-5H3,(H,27,32)/t15-,16-,20-,22-/m0/s1. The number of benzene rings is 1. The van der Waals surface area contributed by atoms with Crippen LogP contribution in [0.1, 0.15) is 63.5 Å². The predicted octanol–water partition coefficient (Wildman–Crippen LogP) is 2.23. The van der Waals surface area contributed by atoms with Gasteiger partial charge < -0.3 is 30.2 Å². The first-order chi connectivity index (χ1) is 16.0. The van der Waals surface area contributed by atoms with E-state index in [1.807, 2.05) is 26.0 Å². The predicted molar refractivity (Wildman–Crippen MR) is 128 cm³/mol. The van der Waals surface area contributed by atoms with Crippen molar-refractivity contribution in [3.05, 3.63) is 41.6 Å². The number of allylic oxidation sites excluding steroid dienone is 1. The van der Waals surface area contributed by atoms with Crippen LogP contribution >= 0.6 is 0 Å². The molecule has 2 fully saturated rings. The number of aromatic nitrogens is 1. The molecule has 0 unspecified atom stereocenters. The van der Waals surface area contributed by atoms with E-state index in [0.29, 0.717) is 36.2 Å². The number of fused-ring (bicyclic) bond motifs is 4. The fourth-order valence-electron chi connectivity index (χ4n) is 5.63. The van der Waals surface area contributed by atoms with Gasteiger partial charge in [0.1, 0.15) is 35.6 Å². The molecule has 4 atom stereocenters. The summed E-state index contributed by atoms with van der Waals surface area (Å²) in [4.78, 5) is 31.1. The number of hydrogen-bond donors (Lipinski definition) is 4. The number of H-pyrrole nitrogens is 1. The van der Waals surface area contributed by atoms with Crippen LogP contribution in [0.15, 0.2) is 24.8 Å². The topological polar surface area (TPSA) is 115 Å². The molecule has 1 aromatic carbocycles. The monoisotopic (exact) mass is 467 g/mol. The van der Waals surface area contributed by atoms with Crippen molar-refractivity contribution in [2.75, 3.05) is 6.54 Å². The Hall–Kier alpha value is -2.84. The van der Waals surface area contributed by atoms with Gasteiger partial charge in [0.25, 0.3) is 0 Å². The number of nitrogens with zero attached hydrogens (tertiary/aromatic N) is 1. The first-order valence-electron chi connectivity index (χ1n) is 11.9. The number of ether oxygens (including phenoxy) is 1. The number of rotatable bonds is 4. The summed E-state index contributed by atoms with van der Waals surface area (Å²) in [5.74, 6) is 0.350. The molecule has 4 heterocycles. The van der Waals surface area contributed by atoms with Crippen LogP contribution in [0, 0.1) is 0 Å². The minimum Gasteiger partial charge on any atom is -0.485 e. The van der Waals surface area contributed by atoms with Gasteiger partial charge in [0.05, 0.1) is 5.52 Å². The molecule has 8 nitrogen and oxygen atoms in total. The Bertz CT molecular complexity index is 1200. The molecule has 2 saturated heterocycles. The minimum atomic E-state index is -1.14. The molecule has 2 amide bonds. The molecule has 2 aromatic rings. The van der Waals surface area contributed by atoms with Gasteiger partial charge in [-0.3, -0.25) is 9.59 Å². The Kier molecular flexibility index (Phi) is 5.11. The third-order valence-corrected chi connectivity index (χ3v) is 7.78. The molecule has 182 valence electrons. The summed E-state index contributed by atoms with van der Waals surface area (Å²) in [6.07, 6.45) is 1.42. The van der Waals surface area contributed by atoms with Crippen LogP contribution in [0.2, 0.25) is 0 Å². The lowest BCUT2D eigenvalue weighted by atomic mass is 9.84. The van der Waals surface area contributed by atoms with Gasteiger partial charge in [-0.05, 0) is 44.4 Å². The third kappa shape index (κ3) is 3.26. The van der Waals surface area contributed by atoms with E-state index in [9.17, 15) is 19.8 Å². The zero-order chi connectivity index (χ0) is 24.6. The lowest BCUT2D eigenvalue weighted by Gasteiger charge is -2.40. The van der Waals surface area contributed by atoms with Crippen molar-refractivity contribution in [2.24, 2.45) is 0 Å². The zero-order valence-corrected chi connectivity index (χ0v) is 20.1. The van der Waals surface area contributed by atoms with Crippen LogP contribution in [0.25, 0.3) is 10.9 Å². The third-order valence-electron chi connectivity index (χ3n) is 7.78. The molecule has 0 aliphatic carbocycles. The van der Waals surface area contributed by atoms with E-state index < -0.39 is 29.3 Å². The number of carbonyl (C=O) groups is 2. The van der Waals surface area contributed by atoms with Gasteiger partial charge in [0, 0.05) is 35.0 Å². The summed E-state index contributed by atoms with van der Waals surface area (Å²) < 4.78 is 6.03. The van der Waals surface area contributed by atoms with E-state index in [2.05, 4.69) is 16.9 Å². The molecule has 3 aliphatic heterocycles. The number of amides is 2. The molecular formula is C26H33N3O5. The van der Waals surface area contributed by atoms with Crippen molar-refractivity contribution in [1.29, 1.82) is 0 Å². The van der Waals surface area contributed by atoms with Gasteiger partial charge in [-0.15, -0.1) is 6.58 Å². The first kappa shape index (κ1) is 22.9. The molecule has 0 saturated carbocycles. The van der Waals surface area contributed by atoms with E-state index >= 15 is 0 Å². The lowest BCUT2D eigenvalue weighted by Crippen LogP contribution is -2.61. The summed E-state index contributed by atoms with van der Waals surface area (Å²) in [7, 11) is 0. The van der Waals surface area contributed by atoms with Crippen molar-refractivity contribution < 1.29 is 24.5 Å². The van der Waals surface area contributed by atoms with E-state index in [1.165, 1.54) is 0 Å². The van der Waals surface area contributed by atoms with Crippen molar-refractivity contribution >= 4 is 22.7 Å². The fourth-order valence-corrected chi connectivity index (χ4v) is 5.63. The number of piperazine rings is 1. The number of aliphatic hydroxyl groups is 2. The SMILES string of the molecule is C=CC(C)(C)c1[nH]c2c3c(ccc2c1C[C@@H]1NC(=O)[C@@H]2CCCN2C1=O)OC(C)(C)[C@@H](O)[C@H]3O. The largest absolute Gasteiger partial charge is 0.485 e. The Morgan fingerprint density at radius 2 is 2.03 bits per heavy atom. The van der Waals surface area contributed by atoms with Crippen LogP contribution < -0.4 is 10.1 Å². The lowest BCUT2D eigenvalue weighted by molar-refractivity contribution is -0.146. The molecule has 5 rings (SSSR count). The Morgan fingerprint density at radius 3 is 2.74 bits per heavy atom. The quantitative estimate of drug-likeness (QED) is 0.515. The summed E-state index contributed by atoms with van der Waals surface area (Å²) in [5, 5.41) is 25.5. The normalized spacial score (nSPS) is 28.4. The van der Waals surface area contributed by atoms with Crippen LogP contribution in [0.5, 0.6) is 5.75 Å². The van der Waals surface area contributed by atoms with Crippen molar-refractivity contribution in [2.45, 2.75) is 82.3 Å². The molecule has 0 spiro atoms. The van der Waals surface area contributed by atoms with Crippen LogP contribution in [-0.2, 0) is 21.4 Å². The average Bonchev–Trinajstić information content (AvgIpc) is 3.41. The van der Waals surface area contributed by atoms with Crippen molar-refractivity contribution in [3.63, 3.8) is 0 Å². The second-order valence-corrected chi connectivity index (χ2v) is 10.9. The molecule has 8 heteroatoms. The van der Waals surface area contributed by atoms with Gasteiger partial charge in [0.15, 0.2) is 0 Å². The smallest absolute Gasteiger partial charge is 0.246 e. The fraction of sp³-hybridized carbons (Fsp3) is 0.538. The highest BCUT2D eigenvalue weighted by Gasteiger charge is 2.45. The van der Waals surface area contributed by atoms with Crippen molar-refractivity contribution in [3.8, 4) is 5.75 Å². The Labute approximate surface area is 199 Å². The maximum atomic E-state index is 13.2. The van der Waals surface area contributed by atoms with E-state index in [1.54, 1.807) is 24.8 Å². The molecule has 3 aliphatic rings. The highest BCUT2D eigenvalue weighted by Crippen LogP contribution is 2.45. The van der Waals surface area contributed by atoms with Gasteiger partial charge in [-0.2, -0.15) is 0 Å². The summed E-state index contributed by atoms with van der Waals surface area (Å²) in [5.41, 5.74) is 1.47. The van der Waals surface area contributed by atoms with E-state index in [4.69, 9.17) is 4.74 Å². The van der Waals surface area contributed by atoms with Gasteiger partial charge in [-0.1, -0.05) is 19.9 Å². The van der Waals surface area contributed by atoms with E-state index in [0.717, 1.165) is 23.1 Å². The summed E-state index contributed by atoms with van der Waals surface area (Å²) in [6.45, 7) is 12.1. The number of carbonyl (C=O) groups excluding carboxylic acids is 2. The Morgan fingerprint density at radius 1 is 1.29 bits per heavy atom. The van der Waals surface area contributed by atoms with Gasteiger partial charge in [0.2, 0.25) is 11.8 Å². The molecular weight excluding hydrogens is 434 g/mol. The molecule has 0 radical (unpaired) electrons. The molecule has 4 N–H and O–H groups in total. The van der Waals surface area contributed by atoms with Crippen LogP contribution in [0.4, 0.5) is 0 Å². The van der Waals surface area contributed by atoms with Gasteiger partial charge >= 0.3 is 0 Å². The van der Waals surface area contributed by atoms with Crippen molar-refractivity contribution in [1.82, 2.24) is 15.2 Å². The molecule has 1 aromatic heterocycles. The van der Waals surface area contributed by atoms with Gasteiger partial charge in [-0.25, -0.2) is 0 Å². The maximum Gasteiger partial charge on any atom is 0.246 e. The number of hydrogen-bond acceptors (Lipinski definition) is 5. The molecule has 34 heavy (non-hydrogen) atoms. The van der Waals surface area contributed by atoms with E-state index in [-0.39, 0.29) is 17.9 Å². The Balaban J connectivity index is 1.64. The minimum absolute atomic E-state index is 0.0580. The van der Waals surface area contributed by atoms with Crippen LogP contribution in [0.3, 0.4) is 0 Å². The highest BCUT2D eigenvalue weighted by molar-refractivity contribution is 5.98. The zero-order valence-electron chi connectivity index (χ0n) is 20.1. The van der Waals surface area contributed by atoms with Crippen LogP contribution in [-0.4, -0.2) is 62.2 Å². The maximum absolute atomic E-state index is 13.2. The first-order valence-corrected chi connectivity index (χ1v) is 11.9. The average molecular weight is 468 g/mol. The summed E-state index contributed by atoms with van der Waals surface area (Å²) in [6, 6.07) is 2.69. The summed E-state index contributed by atoms with van der Waals surface area (Å²) >= 11 is 0. The second kappa shape index (κ2) is 7.58. The second-order valence-electron chi connectivity index (χ2n) is 10.9. The number of aromatic amines is 1.